The molecule has 1 fully saturated rings. The van der Waals surface area contributed by atoms with E-state index in [-0.39, 0.29) is 17.6 Å². The zero-order valence-corrected chi connectivity index (χ0v) is 16.8. The zero-order chi connectivity index (χ0) is 20.4. The Morgan fingerprint density at radius 3 is 2.21 bits per heavy atom. The van der Waals surface area contributed by atoms with E-state index in [1.54, 1.807) is 23.0 Å². The number of aromatic nitrogens is 2. The molecule has 1 amide bonds. The number of nitrogens with zero attached hydrogens (tertiary/aromatic N) is 4. The third kappa shape index (κ3) is 3.88. The van der Waals surface area contributed by atoms with Crippen LogP contribution < -0.4 is 4.90 Å². The summed E-state index contributed by atoms with van der Waals surface area (Å²) in [7, 11) is 0. The molecule has 4 rings (SSSR count). The molecule has 0 bridgehead atoms. The van der Waals surface area contributed by atoms with Crippen molar-refractivity contribution < 1.29 is 9.18 Å². The van der Waals surface area contributed by atoms with Gasteiger partial charge in [-0.2, -0.15) is 5.10 Å². The Bertz CT molecular complexity index is 974. The van der Waals surface area contributed by atoms with E-state index >= 15 is 0 Å². The van der Waals surface area contributed by atoms with Crippen molar-refractivity contribution in [2.24, 2.45) is 0 Å². The molecule has 0 radical (unpaired) electrons. The lowest BCUT2D eigenvalue weighted by Gasteiger charge is -2.36. The molecular weight excluding hydrogens is 367 g/mol. The molecule has 29 heavy (non-hydrogen) atoms. The summed E-state index contributed by atoms with van der Waals surface area (Å²) in [6, 6.07) is 16.5. The van der Waals surface area contributed by atoms with Gasteiger partial charge in [0.15, 0.2) is 0 Å². The predicted molar refractivity (Wildman–Crippen MR) is 112 cm³/mol. The van der Waals surface area contributed by atoms with E-state index in [0.717, 1.165) is 24.5 Å². The van der Waals surface area contributed by atoms with Crippen LogP contribution >= 0.6 is 0 Å². The molecule has 2 heterocycles. The van der Waals surface area contributed by atoms with E-state index in [1.165, 1.54) is 17.8 Å². The molecule has 150 valence electrons. The maximum Gasteiger partial charge on any atom is 0.257 e. The minimum atomic E-state index is -0.292. The average molecular weight is 392 g/mol. The molecule has 0 N–H and O–H groups in total. The standard InChI is InChI=1S/C23H25FN4O/c1-17(2)22-21(16-25-28(22)20-10-8-18(24)9-11-20)23(29)27-14-12-26(13-15-27)19-6-4-3-5-7-19/h3-11,16-17H,12-15H2,1-2H3. The van der Waals surface area contributed by atoms with Crippen LogP contribution in [0.1, 0.15) is 35.8 Å². The van der Waals surface area contributed by atoms with Crippen molar-refractivity contribution in [2.45, 2.75) is 19.8 Å². The molecule has 3 aromatic rings. The van der Waals surface area contributed by atoms with E-state index in [2.05, 4.69) is 22.1 Å². The van der Waals surface area contributed by atoms with E-state index in [0.29, 0.717) is 18.7 Å². The number of carbonyl (C=O) groups is 1. The van der Waals surface area contributed by atoms with E-state index < -0.39 is 0 Å². The Morgan fingerprint density at radius 2 is 1.59 bits per heavy atom. The Balaban J connectivity index is 1.54. The highest BCUT2D eigenvalue weighted by molar-refractivity contribution is 5.95. The number of piperazine rings is 1. The highest BCUT2D eigenvalue weighted by Gasteiger charge is 2.27. The summed E-state index contributed by atoms with van der Waals surface area (Å²) in [5.74, 6) is -0.179. The smallest absolute Gasteiger partial charge is 0.257 e. The lowest BCUT2D eigenvalue weighted by Crippen LogP contribution is -2.49. The number of benzene rings is 2. The van der Waals surface area contributed by atoms with Crippen LogP contribution in [0.15, 0.2) is 60.8 Å². The minimum absolute atomic E-state index is 0.00905. The number of rotatable bonds is 4. The fourth-order valence-corrected chi connectivity index (χ4v) is 3.84. The number of halogens is 1. The maximum absolute atomic E-state index is 13.3. The van der Waals surface area contributed by atoms with Crippen molar-refractivity contribution in [3.8, 4) is 5.69 Å². The average Bonchev–Trinajstić information content (AvgIpc) is 3.20. The Morgan fingerprint density at radius 1 is 0.931 bits per heavy atom. The van der Waals surface area contributed by atoms with E-state index in [1.807, 2.05) is 36.9 Å². The Hall–Kier alpha value is -3.15. The van der Waals surface area contributed by atoms with Gasteiger partial charge in [-0.05, 0) is 42.3 Å². The first-order valence-corrected chi connectivity index (χ1v) is 9.97. The number of hydrogen-bond donors (Lipinski definition) is 0. The van der Waals surface area contributed by atoms with Crippen molar-refractivity contribution in [3.05, 3.63) is 77.9 Å². The molecule has 2 aromatic carbocycles. The summed E-state index contributed by atoms with van der Waals surface area (Å²) in [6.45, 7) is 7.04. The van der Waals surface area contributed by atoms with Gasteiger partial charge in [0.1, 0.15) is 5.82 Å². The number of amides is 1. The fourth-order valence-electron chi connectivity index (χ4n) is 3.84. The molecule has 1 aromatic heterocycles. The van der Waals surface area contributed by atoms with Gasteiger partial charge in [0.2, 0.25) is 0 Å². The maximum atomic E-state index is 13.3. The summed E-state index contributed by atoms with van der Waals surface area (Å²) >= 11 is 0. The summed E-state index contributed by atoms with van der Waals surface area (Å²) in [5, 5.41) is 4.45. The highest BCUT2D eigenvalue weighted by Crippen LogP contribution is 2.25. The monoisotopic (exact) mass is 392 g/mol. The molecule has 1 aliphatic heterocycles. The molecule has 1 aliphatic rings. The summed E-state index contributed by atoms with van der Waals surface area (Å²) in [5.41, 5.74) is 3.42. The molecule has 5 nitrogen and oxygen atoms in total. The molecule has 0 saturated carbocycles. The van der Waals surface area contributed by atoms with Crippen LogP contribution in [-0.2, 0) is 0 Å². The summed E-state index contributed by atoms with van der Waals surface area (Å²) in [6.07, 6.45) is 1.64. The SMILES string of the molecule is CC(C)c1c(C(=O)N2CCN(c3ccccc3)CC2)cnn1-c1ccc(F)cc1. The van der Waals surface area contributed by atoms with Crippen LogP contribution in [0, 0.1) is 5.82 Å². The van der Waals surface area contributed by atoms with Gasteiger partial charge in [0.05, 0.1) is 23.1 Å². The number of anilines is 1. The lowest BCUT2D eigenvalue weighted by atomic mass is 10.0. The first kappa shape index (κ1) is 19.2. The topological polar surface area (TPSA) is 41.4 Å². The van der Waals surface area contributed by atoms with Crippen LogP contribution in [0.5, 0.6) is 0 Å². The van der Waals surface area contributed by atoms with Gasteiger partial charge in [-0.25, -0.2) is 9.07 Å². The normalized spacial score (nSPS) is 14.5. The third-order valence-electron chi connectivity index (χ3n) is 5.34. The van der Waals surface area contributed by atoms with Crippen LogP contribution in [0.2, 0.25) is 0 Å². The molecule has 0 spiro atoms. The fraction of sp³-hybridized carbons (Fsp3) is 0.304. The van der Waals surface area contributed by atoms with E-state index in [9.17, 15) is 9.18 Å². The summed E-state index contributed by atoms with van der Waals surface area (Å²) < 4.78 is 15.0. The second-order valence-corrected chi connectivity index (χ2v) is 7.60. The van der Waals surface area contributed by atoms with E-state index in [4.69, 9.17) is 0 Å². The van der Waals surface area contributed by atoms with Crippen molar-refractivity contribution in [1.82, 2.24) is 14.7 Å². The number of hydrogen-bond acceptors (Lipinski definition) is 3. The van der Waals surface area contributed by atoms with Crippen LogP contribution in [-0.4, -0.2) is 46.8 Å². The van der Waals surface area contributed by atoms with Crippen LogP contribution in [0.25, 0.3) is 5.69 Å². The van der Waals surface area contributed by atoms with Crippen molar-refractivity contribution in [1.29, 1.82) is 0 Å². The number of para-hydroxylation sites is 1. The van der Waals surface area contributed by atoms with Crippen molar-refractivity contribution in [3.63, 3.8) is 0 Å². The van der Waals surface area contributed by atoms with Gasteiger partial charge in [-0.3, -0.25) is 4.79 Å². The Labute approximate surface area is 170 Å². The lowest BCUT2D eigenvalue weighted by molar-refractivity contribution is 0.0745. The first-order valence-electron chi connectivity index (χ1n) is 9.97. The quantitative estimate of drug-likeness (QED) is 0.671. The van der Waals surface area contributed by atoms with Crippen molar-refractivity contribution in [2.75, 3.05) is 31.1 Å². The minimum Gasteiger partial charge on any atom is -0.368 e. The van der Waals surface area contributed by atoms with Crippen molar-refractivity contribution >= 4 is 11.6 Å². The highest BCUT2D eigenvalue weighted by atomic mass is 19.1. The van der Waals surface area contributed by atoms with Crippen LogP contribution in [0.4, 0.5) is 10.1 Å². The Kier molecular flexibility index (Phi) is 5.34. The molecular formula is C23H25FN4O. The zero-order valence-electron chi connectivity index (χ0n) is 16.8. The predicted octanol–water partition coefficient (Wildman–Crippen LogP) is 4.10. The van der Waals surface area contributed by atoms with Gasteiger partial charge < -0.3 is 9.80 Å². The molecule has 0 aliphatic carbocycles. The van der Waals surface area contributed by atoms with Gasteiger partial charge in [0.25, 0.3) is 5.91 Å². The molecule has 1 saturated heterocycles. The third-order valence-corrected chi connectivity index (χ3v) is 5.34. The molecule has 0 unspecified atom stereocenters. The second kappa shape index (κ2) is 8.07. The van der Waals surface area contributed by atoms with Gasteiger partial charge in [0, 0.05) is 31.9 Å². The second-order valence-electron chi connectivity index (χ2n) is 7.60. The largest absolute Gasteiger partial charge is 0.368 e. The molecule has 6 heteroatoms. The van der Waals surface area contributed by atoms with Gasteiger partial charge in [-0.15, -0.1) is 0 Å². The van der Waals surface area contributed by atoms with Gasteiger partial charge >= 0.3 is 0 Å². The summed E-state index contributed by atoms with van der Waals surface area (Å²) in [4.78, 5) is 17.5. The van der Waals surface area contributed by atoms with Crippen LogP contribution in [0.3, 0.4) is 0 Å². The first-order chi connectivity index (χ1) is 14.0. The van der Waals surface area contributed by atoms with Gasteiger partial charge in [-0.1, -0.05) is 32.0 Å². The number of carbonyl (C=O) groups excluding carboxylic acids is 1. The molecule has 0 atom stereocenters.